The minimum absolute atomic E-state index is 0.0394. The predicted molar refractivity (Wildman–Crippen MR) is 177 cm³/mol. The van der Waals surface area contributed by atoms with Crippen LogP contribution in [0.2, 0.25) is 0 Å². The molecule has 44 heavy (non-hydrogen) atoms. The number of nitrogens with one attached hydrogen (secondary N) is 1. The van der Waals surface area contributed by atoms with Gasteiger partial charge in [0.05, 0.1) is 22.6 Å². The highest BCUT2D eigenvalue weighted by Crippen LogP contribution is 2.71. The van der Waals surface area contributed by atoms with Crippen molar-refractivity contribution in [3.8, 4) is 0 Å². The molecular weight excluding hydrogens is 570 g/mol. The van der Waals surface area contributed by atoms with E-state index in [4.69, 9.17) is 4.99 Å². The highest BCUT2D eigenvalue weighted by atomic mass is 32.2. The summed E-state index contributed by atoms with van der Waals surface area (Å²) in [5.41, 5.74) is 0.503. The van der Waals surface area contributed by atoms with Crippen molar-refractivity contribution < 1.29 is 18.6 Å². The normalized spacial score (nSPS) is 43.0. The summed E-state index contributed by atoms with van der Waals surface area (Å²) in [6, 6.07) is 7.39. The molecule has 0 aromatic heterocycles. The highest BCUT2D eigenvalue weighted by Gasteiger charge is 2.68. The Morgan fingerprint density at radius 3 is 2.48 bits per heavy atom. The summed E-state index contributed by atoms with van der Waals surface area (Å²) in [5.74, 6) is 1.50. The van der Waals surface area contributed by atoms with Gasteiger partial charge >= 0.3 is 0 Å². The number of piperidine rings is 1. The van der Waals surface area contributed by atoms with Crippen LogP contribution in [0.4, 0.5) is 5.69 Å². The van der Waals surface area contributed by atoms with Crippen molar-refractivity contribution in [1.29, 1.82) is 0 Å². The number of hydrogen-bond donors (Lipinski definition) is 3. The topological polar surface area (TPSA) is 102 Å². The Labute approximate surface area is 266 Å². The van der Waals surface area contributed by atoms with Gasteiger partial charge in [-0.15, -0.1) is 0 Å². The van der Waals surface area contributed by atoms with Crippen LogP contribution in [0, 0.1) is 46.3 Å². The molecule has 5 unspecified atom stereocenters. The van der Waals surface area contributed by atoms with Gasteiger partial charge < -0.3 is 15.1 Å². The zero-order valence-electron chi connectivity index (χ0n) is 27.5. The summed E-state index contributed by atoms with van der Waals surface area (Å²) < 4.78 is 30.2. The molecule has 1 aliphatic heterocycles. The quantitative estimate of drug-likeness (QED) is 0.305. The van der Waals surface area contributed by atoms with Gasteiger partial charge in [0.1, 0.15) is 0 Å². The molecule has 246 valence electrons. The van der Waals surface area contributed by atoms with E-state index in [1.165, 1.54) is 6.42 Å². The second-order valence-corrected chi connectivity index (χ2v) is 17.5. The Kier molecular flexibility index (Phi) is 8.82. The molecule has 0 amide bonds. The summed E-state index contributed by atoms with van der Waals surface area (Å²) in [6.07, 6.45) is 10.5. The Hall–Kier alpha value is -1.48. The monoisotopic (exact) mass is 627 g/mol. The fourth-order valence-corrected chi connectivity index (χ4v) is 12.9. The minimum Gasteiger partial charge on any atom is -0.393 e. The van der Waals surface area contributed by atoms with Crippen molar-refractivity contribution in [2.45, 2.75) is 121 Å². The molecule has 1 aromatic rings. The van der Waals surface area contributed by atoms with Crippen LogP contribution in [-0.2, 0) is 10.0 Å². The van der Waals surface area contributed by atoms with Crippen molar-refractivity contribution in [2.24, 2.45) is 51.3 Å². The fourth-order valence-electron chi connectivity index (χ4n) is 11.7. The molecule has 11 atom stereocenters. The zero-order chi connectivity index (χ0) is 31.5. The number of benzene rings is 1. The van der Waals surface area contributed by atoms with Crippen molar-refractivity contribution in [3.05, 3.63) is 24.3 Å². The second-order valence-electron chi connectivity index (χ2n) is 15.8. The van der Waals surface area contributed by atoms with E-state index in [1.54, 1.807) is 6.07 Å². The molecule has 4 aliphatic carbocycles. The minimum atomic E-state index is -3.69. The second kappa shape index (κ2) is 12.0. The van der Waals surface area contributed by atoms with Gasteiger partial charge in [-0.2, -0.15) is 0 Å². The number of anilines is 1. The van der Waals surface area contributed by atoms with Gasteiger partial charge in [-0.1, -0.05) is 40.2 Å². The van der Waals surface area contributed by atoms with E-state index in [-0.39, 0.29) is 40.8 Å². The lowest BCUT2D eigenvalue weighted by atomic mass is 9.41. The molecule has 1 saturated heterocycles. The zero-order valence-corrected chi connectivity index (χ0v) is 28.4. The van der Waals surface area contributed by atoms with Crippen LogP contribution in [-0.4, -0.2) is 62.7 Å². The fraction of sp³-hybridized carbons (Fsp3) is 0.806. The lowest BCUT2D eigenvalue weighted by Crippen LogP contribution is -2.64. The molecule has 8 heteroatoms. The van der Waals surface area contributed by atoms with Crippen LogP contribution in [0.1, 0.15) is 98.3 Å². The van der Waals surface area contributed by atoms with E-state index in [0.29, 0.717) is 29.2 Å². The van der Waals surface area contributed by atoms with Crippen LogP contribution >= 0.6 is 0 Å². The van der Waals surface area contributed by atoms with Gasteiger partial charge in [0, 0.05) is 25.3 Å². The molecule has 6 rings (SSSR count). The Morgan fingerprint density at radius 2 is 1.77 bits per heavy atom. The molecule has 0 spiro atoms. The molecule has 0 bridgehead atoms. The van der Waals surface area contributed by atoms with Gasteiger partial charge in [0.25, 0.3) is 0 Å². The number of hydrogen-bond acceptors (Lipinski definition) is 6. The average Bonchev–Trinajstić information content (AvgIpc) is 3.34. The van der Waals surface area contributed by atoms with E-state index in [9.17, 15) is 18.6 Å². The standard InChI is InChI=1S/C36H57N3O4S/c1-6-28-31-22-26(40)13-16-34(31,3)29-14-17-35(4)30(32(29)33(28)41)15-18-36(35,37-5)24(2)23-38-44(42,43)27-12-10-11-25(21-27)39-19-8-7-9-20-39/h10-12,21,24,26,28-33,38,40-41H,5-9,13-20,22-23H2,1-4H3/t24-,26-,28-,29?,30+,31?,32?,33-,34?,35+,36?/m1/s1. The van der Waals surface area contributed by atoms with E-state index in [1.807, 2.05) is 18.2 Å². The van der Waals surface area contributed by atoms with Gasteiger partial charge in [-0.05, 0) is 135 Å². The van der Waals surface area contributed by atoms with Crippen LogP contribution in [0.25, 0.3) is 0 Å². The summed E-state index contributed by atoms with van der Waals surface area (Å²) in [6.45, 7) is 15.6. The summed E-state index contributed by atoms with van der Waals surface area (Å²) in [7, 11) is -3.69. The van der Waals surface area contributed by atoms with E-state index < -0.39 is 15.6 Å². The third kappa shape index (κ3) is 5.00. The molecular formula is C36H57N3O4S. The van der Waals surface area contributed by atoms with Gasteiger partial charge in [-0.3, -0.25) is 4.99 Å². The molecule has 3 N–H and O–H groups in total. The first-order chi connectivity index (χ1) is 20.9. The molecule has 7 nitrogen and oxygen atoms in total. The molecule has 1 aromatic carbocycles. The Bertz CT molecular complexity index is 1320. The largest absolute Gasteiger partial charge is 0.393 e. The lowest BCUT2D eigenvalue weighted by molar-refractivity contribution is -0.204. The maximum atomic E-state index is 13.6. The third-order valence-corrected chi connectivity index (χ3v) is 15.6. The highest BCUT2D eigenvalue weighted by molar-refractivity contribution is 7.89. The van der Waals surface area contributed by atoms with Crippen molar-refractivity contribution in [2.75, 3.05) is 24.5 Å². The molecule has 5 fully saturated rings. The number of sulfonamides is 1. The smallest absolute Gasteiger partial charge is 0.240 e. The van der Waals surface area contributed by atoms with Crippen LogP contribution in [0.15, 0.2) is 34.2 Å². The number of aliphatic hydroxyl groups is 2. The van der Waals surface area contributed by atoms with Gasteiger partial charge in [0.2, 0.25) is 10.0 Å². The molecule has 1 heterocycles. The number of aliphatic hydroxyl groups excluding tert-OH is 2. The first kappa shape index (κ1) is 32.5. The van der Waals surface area contributed by atoms with Crippen molar-refractivity contribution in [3.63, 3.8) is 0 Å². The van der Waals surface area contributed by atoms with Crippen LogP contribution in [0.5, 0.6) is 0 Å². The first-order valence-corrected chi connectivity index (χ1v) is 19.1. The van der Waals surface area contributed by atoms with E-state index in [0.717, 1.165) is 83.0 Å². The third-order valence-electron chi connectivity index (χ3n) is 14.1. The van der Waals surface area contributed by atoms with E-state index in [2.05, 4.69) is 44.0 Å². The number of rotatable bonds is 8. The maximum absolute atomic E-state index is 13.6. The van der Waals surface area contributed by atoms with Gasteiger partial charge in [-0.25, -0.2) is 13.1 Å². The SMILES string of the molecule is C=NC1([C@H](C)CNS(=O)(=O)c2cccc(N3CCCCC3)c2)CC[C@H]2C3C(CC[C@@]21C)C1(C)CC[C@@H](O)CC1[C@@H](CC)[C@H]3O. The Balaban J connectivity index is 1.22. The predicted octanol–water partition coefficient (Wildman–Crippen LogP) is 6.04. The summed E-state index contributed by atoms with van der Waals surface area (Å²) in [5, 5.41) is 22.7. The van der Waals surface area contributed by atoms with Crippen LogP contribution < -0.4 is 9.62 Å². The Morgan fingerprint density at radius 1 is 1.05 bits per heavy atom. The lowest BCUT2D eigenvalue weighted by Gasteiger charge is -2.65. The average molecular weight is 628 g/mol. The molecule has 4 saturated carbocycles. The molecule has 0 radical (unpaired) electrons. The van der Waals surface area contributed by atoms with Gasteiger partial charge in [0.15, 0.2) is 0 Å². The summed E-state index contributed by atoms with van der Waals surface area (Å²) in [4.78, 5) is 7.54. The van der Waals surface area contributed by atoms with Crippen molar-refractivity contribution >= 4 is 22.4 Å². The number of nitrogens with zero attached hydrogens (tertiary/aromatic N) is 2. The molecule has 5 aliphatic rings. The van der Waals surface area contributed by atoms with E-state index >= 15 is 0 Å². The number of aliphatic imine (C=N–C) groups is 1. The maximum Gasteiger partial charge on any atom is 0.240 e. The number of fused-ring (bicyclic) bond motifs is 5. The van der Waals surface area contributed by atoms with Crippen LogP contribution in [0.3, 0.4) is 0 Å². The van der Waals surface area contributed by atoms with Crippen molar-refractivity contribution in [1.82, 2.24) is 4.72 Å². The summed E-state index contributed by atoms with van der Waals surface area (Å²) >= 11 is 0. The first-order valence-electron chi connectivity index (χ1n) is 17.6.